The number of hydrogen-bond donors (Lipinski definition) is 0. The quantitative estimate of drug-likeness (QED) is 0.532. The molecule has 2 aliphatic heterocycles. The highest BCUT2D eigenvalue weighted by molar-refractivity contribution is 7.86. The van der Waals surface area contributed by atoms with Crippen LogP contribution in [0.15, 0.2) is 36.6 Å². The van der Waals surface area contributed by atoms with Gasteiger partial charge in [0.15, 0.2) is 34.9 Å². The minimum Gasteiger partial charge on any atom is -0.493 e. The fraction of sp³-hybridized carbons (Fsp3) is 0.391. The molecule has 10 nitrogen and oxygen atoms in total. The number of fused-ring (bicyclic) bond motifs is 1. The highest BCUT2D eigenvalue weighted by Gasteiger charge is 2.38. The molecule has 0 radical (unpaired) electrons. The van der Waals surface area contributed by atoms with Crippen LogP contribution in [0.5, 0.6) is 34.5 Å². The van der Waals surface area contributed by atoms with Gasteiger partial charge < -0.3 is 37.3 Å². The van der Waals surface area contributed by atoms with Crippen molar-refractivity contribution in [3.05, 3.63) is 47.7 Å². The van der Waals surface area contributed by atoms with Crippen molar-refractivity contribution in [2.75, 3.05) is 40.8 Å². The van der Waals surface area contributed by atoms with Crippen molar-refractivity contribution in [1.82, 2.24) is 0 Å². The van der Waals surface area contributed by atoms with Crippen molar-refractivity contribution in [2.45, 2.75) is 18.8 Å². The van der Waals surface area contributed by atoms with Gasteiger partial charge in [0.05, 0.1) is 40.8 Å². The summed E-state index contributed by atoms with van der Waals surface area (Å²) in [5, 5.41) is 0. The normalized spacial score (nSPS) is 19.0. The van der Waals surface area contributed by atoms with Gasteiger partial charge in [0.2, 0.25) is 11.5 Å². The molecule has 2 aromatic rings. The van der Waals surface area contributed by atoms with E-state index in [1.807, 2.05) is 6.92 Å². The maximum absolute atomic E-state index is 11.7. The number of methoxy groups -OCH3 is 3. The molecule has 0 amide bonds. The first kappa shape index (κ1) is 24.0. The molecule has 0 aromatic heterocycles. The van der Waals surface area contributed by atoms with Gasteiger partial charge in [-0.1, -0.05) is 6.58 Å². The highest BCUT2D eigenvalue weighted by Crippen LogP contribution is 2.50. The summed E-state index contributed by atoms with van der Waals surface area (Å²) in [4.78, 5) is 0. The Balaban J connectivity index is 1.76. The molecule has 0 spiro atoms. The summed E-state index contributed by atoms with van der Waals surface area (Å²) in [6.07, 6.45) is 0.153. The van der Waals surface area contributed by atoms with Crippen LogP contribution in [0.1, 0.15) is 24.2 Å². The van der Waals surface area contributed by atoms with E-state index < -0.39 is 22.0 Å². The lowest BCUT2D eigenvalue weighted by atomic mass is 10.0. The molecule has 11 heteroatoms. The lowest BCUT2D eigenvalue weighted by Gasteiger charge is -2.31. The van der Waals surface area contributed by atoms with Crippen LogP contribution in [-0.4, -0.2) is 49.2 Å². The van der Waals surface area contributed by atoms with Crippen LogP contribution < -0.4 is 27.9 Å². The third-order valence-corrected chi connectivity index (χ3v) is 5.86. The SMILES string of the molecule is C=C1Oc2c(OC)cc(C3(C)OCCO3)cc2OC1c1cc(OC)c(OS(C)(=O)=O)c(OC)c1. The molecule has 0 bridgehead atoms. The van der Waals surface area contributed by atoms with Crippen molar-refractivity contribution in [1.29, 1.82) is 0 Å². The van der Waals surface area contributed by atoms with E-state index in [1.54, 1.807) is 24.3 Å². The van der Waals surface area contributed by atoms with E-state index in [-0.39, 0.29) is 23.0 Å². The molecule has 34 heavy (non-hydrogen) atoms. The zero-order chi connectivity index (χ0) is 24.7. The second-order valence-corrected chi connectivity index (χ2v) is 9.33. The molecule has 2 heterocycles. The van der Waals surface area contributed by atoms with Gasteiger partial charge in [-0.05, 0) is 31.2 Å². The van der Waals surface area contributed by atoms with E-state index in [0.717, 1.165) is 6.26 Å². The Kier molecular flexibility index (Phi) is 6.28. The standard InChI is InChI=1S/C23H26O10S/c1-13-20(14-9-16(26-3)22(17(10-14)27-4)33-34(6,24)25)32-19-12-15(23(2)29-7-8-30-23)11-18(28-5)21(19)31-13/h9-12,20H,1,7-8H2,2-6H3. The summed E-state index contributed by atoms with van der Waals surface area (Å²) in [7, 11) is 0.461. The number of hydrogen-bond acceptors (Lipinski definition) is 10. The Morgan fingerprint density at radius 3 is 2.09 bits per heavy atom. The van der Waals surface area contributed by atoms with E-state index in [0.29, 0.717) is 41.6 Å². The Hall–Kier alpha value is -3.15. The summed E-state index contributed by atoms with van der Waals surface area (Å²) in [5.41, 5.74) is 1.23. The fourth-order valence-corrected chi connectivity index (χ4v) is 4.24. The van der Waals surface area contributed by atoms with Crippen LogP contribution >= 0.6 is 0 Å². The lowest BCUT2D eigenvalue weighted by molar-refractivity contribution is -0.150. The molecule has 184 valence electrons. The smallest absolute Gasteiger partial charge is 0.306 e. The molecular formula is C23H26O10S. The van der Waals surface area contributed by atoms with Crippen LogP contribution in [0.4, 0.5) is 0 Å². The van der Waals surface area contributed by atoms with Gasteiger partial charge in [0.1, 0.15) is 5.76 Å². The maximum Gasteiger partial charge on any atom is 0.306 e. The Morgan fingerprint density at radius 2 is 1.56 bits per heavy atom. The largest absolute Gasteiger partial charge is 0.493 e. The average molecular weight is 495 g/mol. The van der Waals surface area contributed by atoms with E-state index in [1.165, 1.54) is 21.3 Å². The monoisotopic (exact) mass is 494 g/mol. The summed E-state index contributed by atoms with van der Waals surface area (Å²) in [6, 6.07) is 6.67. The molecule has 4 rings (SSSR count). The second-order valence-electron chi connectivity index (χ2n) is 7.76. The second kappa shape index (κ2) is 8.90. The van der Waals surface area contributed by atoms with Gasteiger partial charge in [-0.25, -0.2) is 0 Å². The summed E-state index contributed by atoms with van der Waals surface area (Å²) in [6.45, 7) is 6.74. The van der Waals surface area contributed by atoms with Crippen LogP contribution in [0, 0.1) is 0 Å². The molecule has 2 aliphatic rings. The minimum absolute atomic E-state index is 0.0774. The van der Waals surface area contributed by atoms with E-state index >= 15 is 0 Å². The molecule has 0 N–H and O–H groups in total. The zero-order valence-electron chi connectivity index (χ0n) is 19.5. The van der Waals surface area contributed by atoms with Crippen LogP contribution in [0.3, 0.4) is 0 Å². The van der Waals surface area contributed by atoms with Gasteiger partial charge in [-0.3, -0.25) is 0 Å². The Labute approximate surface area is 198 Å². The average Bonchev–Trinajstić information content (AvgIpc) is 3.24. The molecule has 1 saturated heterocycles. The van der Waals surface area contributed by atoms with Gasteiger partial charge in [0.25, 0.3) is 0 Å². The number of rotatable bonds is 7. The van der Waals surface area contributed by atoms with Crippen LogP contribution in [0.25, 0.3) is 0 Å². The van der Waals surface area contributed by atoms with Gasteiger partial charge >= 0.3 is 10.1 Å². The van der Waals surface area contributed by atoms with Crippen molar-refractivity contribution < 1.29 is 45.8 Å². The summed E-state index contributed by atoms with van der Waals surface area (Å²) >= 11 is 0. The predicted molar refractivity (Wildman–Crippen MR) is 120 cm³/mol. The van der Waals surface area contributed by atoms with Crippen molar-refractivity contribution in [3.63, 3.8) is 0 Å². The Bertz CT molecular complexity index is 1190. The lowest BCUT2D eigenvalue weighted by Crippen LogP contribution is -2.24. The third-order valence-electron chi connectivity index (χ3n) is 5.39. The van der Waals surface area contributed by atoms with Crippen molar-refractivity contribution >= 4 is 10.1 Å². The molecule has 0 aliphatic carbocycles. The van der Waals surface area contributed by atoms with Crippen molar-refractivity contribution in [2.24, 2.45) is 0 Å². The number of ether oxygens (including phenoxy) is 7. The fourth-order valence-electron chi connectivity index (χ4n) is 3.78. The first-order valence-corrected chi connectivity index (χ1v) is 12.1. The first-order chi connectivity index (χ1) is 16.1. The molecule has 1 atom stereocenters. The molecule has 1 fully saturated rings. The molecular weight excluding hydrogens is 468 g/mol. The summed E-state index contributed by atoms with van der Waals surface area (Å²) < 4.78 is 68.5. The molecule has 0 saturated carbocycles. The van der Waals surface area contributed by atoms with Gasteiger partial charge in [0, 0.05) is 11.1 Å². The maximum atomic E-state index is 11.7. The molecule has 2 aromatic carbocycles. The van der Waals surface area contributed by atoms with E-state index in [9.17, 15) is 8.42 Å². The Morgan fingerprint density at radius 1 is 0.971 bits per heavy atom. The predicted octanol–water partition coefficient (Wildman–Crippen LogP) is 3.30. The van der Waals surface area contributed by atoms with Crippen LogP contribution in [-0.2, 0) is 25.4 Å². The summed E-state index contributed by atoms with van der Waals surface area (Å²) in [5.74, 6) is 0.700. The van der Waals surface area contributed by atoms with Gasteiger partial charge in [-0.15, -0.1) is 0 Å². The highest BCUT2D eigenvalue weighted by atomic mass is 32.2. The minimum atomic E-state index is -3.83. The molecule has 1 unspecified atom stereocenters. The van der Waals surface area contributed by atoms with E-state index in [4.69, 9.17) is 37.3 Å². The van der Waals surface area contributed by atoms with Crippen molar-refractivity contribution in [3.8, 4) is 34.5 Å². The topological polar surface area (TPSA) is 108 Å². The first-order valence-electron chi connectivity index (χ1n) is 10.3. The zero-order valence-corrected chi connectivity index (χ0v) is 20.3. The number of benzene rings is 2. The third kappa shape index (κ3) is 4.46. The van der Waals surface area contributed by atoms with Crippen LogP contribution in [0.2, 0.25) is 0 Å². The van der Waals surface area contributed by atoms with Gasteiger partial charge in [-0.2, -0.15) is 8.42 Å². The van der Waals surface area contributed by atoms with E-state index in [2.05, 4.69) is 6.58 Å².